The summed E-state index contributed by atoms with van der Waals surface area (Å²) in [5.41, 5.74) is 1.93. The fourth-order valence-electron chi connectivity index (χ4n) is 4.22. The molecule has 0 unspecified atom stereocenters. The Hall–Kier alpha value is -6.93. The molecule has 0 N–H and O–H groups in total. The molecule has 268 valence electrons. The second kappa shape index (κ2) is 16.4. The molecule has 0 spiro atoms. The molecular formula is C42H31F3O8. The average Bonchev–Trinajstić information content (AvgIpc) is 3.10. The van der Waals surface area contributed by atoms with E-state index in [1.165, 1.54) is 32.0 Å². The first-order chi connectivity index (χ1) is 24.9. The van der Waals surface area contributed by atoms with Crippen LogP contribution in [-0.4, -0.2) is 30.1 Å². The highest BCUT2D eigenvalue weighted by molar-refractivity contribution is 5.93. The van der Waals surface area contributed by atoms with Crippen LogP contribution in [0.4, 0.5) is 13.2 Å². The maximum atomic E-state index is 13.0. The molecule has 0 aromatic heterocycles. The molecule has 0 bridgehead atoms. The van der Waals surface area contributed by atoms with Crippen molar-refractivity contribution in [2.75, 3.05) is 0 Å². The van der Waals surface area contributed by atoms with E-state index in [1.807, 2.05) is 24.3 Å². The van der Waals surface area contributed by atoms with Gasteiger partial charge in [0.15, 0.2) is 0 Å². The molecule has 53 heavy (non-hydrogen) atoms. The van der Waals surface area contributed by atoms with E-state index in [4.69, 9.17) is 18.9 Å². The van der Waals surface area contributed by atoms with Crippen molar-refractivity contribution in [2.45, 2.75) is 26.9 Å². The number of carbonyl (C=O) groups excluding carboxylic acids is 4. The zero-order chi connectivity index (χ0) is 39.0. The van der Waals surface area contributed by atoms with E-state index in [0.29, 0.717) is 22.4 Å². The molecule has 0 atom stereocenters. The summed E-state index contributed by atoms with van der Waals surface area (Å²) >= 11 is 0. The molecule has 4 aromatic rings. The summed E-state index contributed by atoms with van der Waals surface area (Å²) < 4.78 is 60.0. The van der Waals surface area contributed by atoms with Crippen LogP contribution in [0.5, 0.6) is 23.0 Å². The highest BCUT2D eigenvalue weighted by Gasteiger charge is 2.38. The molecule has 11 heteroatoms. The van der Waals surface area contributed by atoms with Crippen LogP contribution in [0.1, 0.15) is 31.9 Å². The number of halogens is 3. The second-order valence-corrected chi connectivity index (χ2v) is 11.6. The molecule has 0 saturated carbocycles. The third-order valence-corrected chi connectivity index (χ3v) is 7.12. The van der Waals surface area contributed by atoms with Crippen molar-refractivity contribution in [1.82, 2.24) is 0 Å². The SMILES string of the molecule is C=C(C)C(=O)Oc1ccc(-c2ccc(C#Cc3ccc(-c4ccc(OC(=O)C(=C)C(F)(F)F)cc4OC(=O)C(=C)C)cc3OC(=O)C(=C)C)cc2)cc1. The zero-order valence-corrected chi connectivity index (χ0v) is 28.8. The quantitative estimate of drug-likeness (QED) is 0.0693. The van der Waals surface area contributed by atoms with Crippen molar-refractivity contribution in [2.24, 2.45) is 0 Å². The summed E-state index contributed by atoms with van der Waals surface area (Å²) in [4.78, 5) is 48.9. The molecule has 0 amide bonds. The first kappa shape index (κ1) is 38.9. The van der Waals surface area contributed by atoms with Gasteiger partial charge in [0.2, 0.25) is 0 Å². The van der Waals surface area contributed by atoms with Crippen molar-refractivity contribution in [1.29, 1.82) is 0 Å². The maximum Gasteiger partial charge on any atom is 0.422 e. The van der Waals surface area contributed by atoms with Crippen LogP contribution < -0.4 is 18.9 Å². The van der Waals surface area contributed by atoms with Crippen molar-refractivity contribution in [3.05, 3.63) is 145 Å². The molecule has 0 radical (unpaired) electrons. The monoisotopic (exact) mass is 720 g/mol. The minimum absolute atomic E-state index is 0.0121. The third kappa shape index (κ3) is 10.3. The van der Waals surface area contributed by atoms with Crippen LogP contribution in [0.25, 0.3) is 22.3 Å². The fraction of sp³-hybridized carbons (Fsp3) is 0.0952. The van der Waals surface area contributed by atoms with Crippen molar-refractivity contribution in [3.63, 3.8) is 0 Å². The van der Waals surface area contributed by atoms with E-state index in [-0.39, 0.29) is 39.5 Å². The summed E-state index contributed by atoms with van der Waals surface area (Å²) in [5.74, 6) is 2.02. The Kier molecular flexibility index (Phi) is 12.0. The van der Waals surface area contributed by atoms with Crippen LogP contribution in [0.15, 0.2) is 134 Å². The van der Waals surface area contributed by atoms with Gasteiger partial charge in [-0.1, -0.05) is 68.5 Å². The highest BCUT2D eigenvalue weighted by atomic mass is 19.4. The largest absolute Gasteiger partial charge is 0.423 e. The van der Waals surface area contributed by atoms with Gasteiger partial charge in [0.05, 0.1) is 5.56 Å². The zero-order valence-electron chi connectivity index (χ0n) is 28.8. The number of hydrogen-bond acceptors (Lipinski definition) is 8. The van der Waals surface area contributed by atoms with E-state index in [1.54, 1.807) is 43.3 Å². The Morgan fingerprint density at radius 2 is 1.00 bits per heavy atom. The number of carbonyl (C=O) groups is 4. The van der Waals surface area contributed by atoms with E-state index >= 15 is 0 Å². The van der Waals surface area contributed by atoms with Crippen LogP contribution >= 0.6 is 0 Å². The summed E-state index contributed by atoms with van der Waals surface area (Å²) in [7, 11) is 0. The van der Waals surface area contributed by atoms with E-state index in [0.717, 1.165) is 17.2 Å². The van der Waals surface area contributed by atoms with Gasteiger partial charge >= 0.3 is 30.1 Å². The van der Waals surface area contributed by atoms with Crippen LogP contribution in [0.3, 0.4) is 0 Å². The van der Waals surface area contributed by atoms with Gasteiger partial charge in [0.25, 0.3) is 0 Å². The minimum Gasteiger partial charge on any atom is -0.423 e. The first-order valence-corrected chi connectivity index (χ1v) is 15.5. The van der Waals surface area contributed by atoms with Gasteiger partial charge in [-0.15, -0.1) is 0 Å². The third-order valence-electron chi connectivity index (χ3n) is 7.12. The summed E-state index contributed by atoms with van der Waals surface area (Å²) in [6, 6.07) is 22.5. The molecule has 0 saturated heterocycles. The Morgan fingerprint density at radius 3 is 1.55 bits per heavy atom. The predicted molar refractivity (Wildman–Crippen MR) is 192 cm³/mol. The van der Waals surface area contributed by atoms with Gasteiger partial charge in [-0.3, -0.25) is 0 Å². The van der Waals surface area contributed by atoms with Crippen LogP contribution in [-0.2, 0) is 19.2 Å². The van der Waals surface area contributed by atoms with E-state index < -0.39 is 35.6 Å². The summed E-state index contributed by atoms with van der Waals surface area (Å²) in [6.07, 6.45) is -5.02. The summed E-state index contributed by atoms with van der Waals surface area (Å²) in [5, 5.41) is 0. The Labute approximate surface area is 303 Å². The lowest BCUT2D eigenvalue weighted by atomic mass is 10.0. The number of alkyl halides is 3. The molecule has 0 aliphatic carbocycles. The lowest BCUT2D eigenvalue weighted by Gasteiger charge is -2.15. The van der Waals surface area contributed by atoms with E-state index in [2.05, 4.69) is 38.2 Å². The topological polar surface area (TPSA) is 105 Å². The molecule has 8 nitrogen and oxygen atoms in total. The van der Waals surface area contributed by atoms with Crippen molar-refractivity contribution in [3.8, 4) is 57.1 Å². The number of ether oxygens (including phenoxy) is 4. The number of esters is 4. The van der Waals surface area contributed by atoms with Gasteiger partial charge in [-0.25, -0.2) is 19.2 Å². The smallest absolute Gasteiger partial charge is 0.422 e. The molecule has 0 aliphatic rings. The van der Waals surface area contributed by atoms with Crippen LogP contribution in [0, 0.1) is 11.8 Å². The van der Waals surface area contributed by atoms with Gasteiger partial charge in [-0.2, -0.15) is 13.2 Å². The highest BCUT2D eigenvalue weighted by Crippen LogP contribution is 2.37. The molecule has 0 aliphatic heterocycles. The number of hydrogen-bond donors (Lipinski definition) is 0. The van der Waals surface area contributed by atoms with Gasteiger partial charge in [-0.05, 0) is 86.0 Å². The van der Waals surface area contributed by atoms with Gasteiger partial charge in [0, 0.05) is 33.9 Å². The van der Waals surface area contributed by atoms with Gasteiger partial charge in [0.1, 0.15) is 28.6 Å². The minimum atomic E-state index is -5.02. The average molecular weight is 721 g/mol. The predicted octanol–water partition coefficient (Wildman–Crippen LogP) is 8.89. The first-order valence-electron chi connectivity index (χ1n) is 15.5. The number of rotatable bonds is 10. The maximum absolute atomic E-state index is 13.0. The van der Waals surface area contributed by atoms with Crippen molar-refractivity contribution >= 4 is 23.9 Å². The molecule has 0 fully saturated rings. The standard InChI is InChI=1S/C42H31F3O8/c1-24(2)38(46)50-33-18-16-30(17-19-33)29-11-8-28(9-12-29)10-13-31-14-15-32(22-36(31)52-39(47)25(3)4)35-21-20-34(23-37(35)53-40(48)26(5)6)51-41(49)27(7)42(43,44)45/h8-9,11-12,14-23H,1,3,5,7H2,2,4,6H3. The summed E-state index contributed by atoms with van der Waals surface area (Å²) in [6.45, 7) is 17.9. The molecule has 0 heterocycles. The Morgan fingerprint density at radius 1 is 0.528 bits per heavy atom. The molecule has 4 rings (SSSR count). The Bertz CT molecular complexity index is 2230. The lowest BCUT2D eigenvalue weighted by Crippen LogP contribution is -2.23. The fourth-order valence-corrected chi connectivity index (χ4v) is 4.22. The Balaban J connectivity index is 1.67. The lowest BCUT2D eigenvalue weighted by molar-refractivity contribution is -0.142. The molecule has 4 aromatic carbocycles. The van der Waals surface area contributed by atoms with E-state index in [9.17, 15) is 32.3 Å². The van der Waals surface area contributed by atoms with Crippen LogP contribution in [0.2, 0.25) is 0 Å². The normalized spacial score (nSPS) is 10.5. The van der Waals surface area contributed by atoms with Crippen molar-refractivity contribution < 1.29 is 51.3 Å². The second-order valence-electron chi connectivity index (χ2n) is 11.6. The van der Waals surface area contributed by atoms with Gasteiger partial charge < -0.3 is 18.9 Å². The molecular weight excluding hydrogens is 689 g/mol. The number of benzene rings is 4.